The zero-order valence-corrected chi connectivity index (χ0v) is 12.8. The zero-order valence-electron chi connectivity index (χ0n) is 11.3. The average Bonchev–Trinajstić information content (AvgIpc) is 2.39. The summed E-state index contributed by atoms with van der Waals surface area (Å²) in [6.45, 7) is -0.116. The molecule has 8 heteroatoms. The van der Waals surface area contributed by atoms with Crippen molar-refractivity contribution in [2.45, 2.75) is 12.5 Å². The molecule has 1 amide bonds. The van der Waals surface area contributed by atoms with Crippen molar-refractivity contribution < 1.29 is 24.2 Å². The van der Waals surface area contributed by atoms with Crippen LogP contribution < -0.4 is 10.1 Å². The van der Waals surface area contributed by atoms with Gasteiger partial charge in [0.2, 0.25) is 0 Å². The third-order valence-corrected chi connectivity index (χ3v) is 2.89. The summed E-state index contributed by atoms with van der Waals surface area (Å²) in [6.07, 6.45) is 0.167. The second-order valence-corrected chi connectivity index (χ2v) is 5.01. The zero-order chi connectivity index (χ0) is 15.8. The highest BCUT2D eigenvalue weighted by Gasteiger charge is 2.19. The molecule has 1 rings (SSSR count). The van der Waals surface area contributed by atoms with Gasteiger partial charge < -0.3 is 19.9 Å². The van der Waals surface area contributed by atoms with Crippen molar-refractivity contribution in [3.05, 3.63) is 28.2 Å². The Bertz CT molecular complexity index is 489. The number of ether oxygens (including phenoxy) is 2. The molecule has 0 saturated carbocycles. The summed E-state index contributed by atoms with van der Waals surface area (Å²) in [4.78, 5) is 22.6. The third-order valence-electron chi connectivity index (χ3n) is 2.45. The van der Waals surface area contributed by atoms with Crippen molar-refractivity contribution in [1.29, 1.82) is 0 Å². The minimum absolute atomic E-state index is 0.167. The molecule has 0 heterocycles. The van der Waals surface area contributed by atoms with Crippen LogP contribution >= 0.6 is 23.2 Å². The molecule has 0 radical (unpaired) electrons. The Balaban J connectivity index is 2.50. The second kappa shape index (κ2) is 8.71. The summed E-state index contributed by atoms with van der Waals surface area (Å²) in [5.74, 6) is -1.37. The van der Waals surface area contributed by atoms with E-state index in [1.165, 1.54) is 25.3 Å². The van der Waals surface area contributed by atoms with E-state index < -0.39 is 17.9 Å². The maximum atomic E-state index is 11.7. The molecular formula is C13H15Cl2NO5. The maximum absolute atomic E-state index is 11.7. The minimum atomic E-state index is -1.13. The lowest BCUT2D eigenvalue weighted by Gasteiger charge is -2.14. The van der Waals surface area contributed by atoms with Crippen LogP contribution in [0.2, 0.25) is 10.0 Å². The largest absolute Gasteiger partial charge is 0.484 e. The van der Waals surface area contributed by atoms with Crippen LogP contribution in [0, 0.1) is 0 Å². The highest BCUT2D eigenvalue weighted by molar-refractivity contribution is 6.34. The van der Waals surface area contributed by atoms with Crippen LogP contribution in [0.25, 0.3) is 0 Å². The van der Waals surface area contributed by atoms with Gasteiger partial charge >= 0.3 is 5.97 Å². The first kappa shape index (κ1) is 17.6. The van der Waals surface area contributed by atoms with E-state index in [-0.39, 0.29) is 19.6 Å². The monoisotopic (exact) mass is 335 g/mol. The number of halogens is 2. The summed E-state index contributed by atoms with van der Waals surface area (Å²) >= 11 is 11.6. The summed E-state index contributed by atoms with van der Waals surface area (Å²) in [7, 11) is 1.45. The predicted molar refractivity (Wildman–Crippen MR) is 78.0 cm³/mol. The molecule has 1 unspecified atom stereocenters. The van der Waals surface area contributed by atoms with Gasteiger partial charge in [0, 0.05) is 30.2 Å². The van der Waals surface area contributed by atoms with Crippen molar-refractivity contribution >= 4 is 35.1 Å². The van der Waals surface area contributed by atoms with Crippen LogP contribution in [0.15, 0.2) is 18.2 Å². The molecule has 0 fully saturated rings. The normalized spacial score (nSPS) is 11.8. The highest BCUT2D eigenvalue weighted by atomic mass is 35.5. The lowest BCUT2D eigenvalue weighted by molar-refractivity contribution is -0.142. The Kier molecular flexibility index (Phi) is 7.28. The van der Waals surface area contributed by atoms with E-state index in [4.69, 9.17) is 37.8 Å². The lowest BCUT2D eigenvalue weighted by atomic mass is 10.2. The van der Waals surface area contributed by atoms with Crippen LogP contribution in [0.3, 0.4) is 0 Å². The van der Waals surface area contributed by atoms with Crippen LogP contribution in [-0.2, 0) is 14.3 Å². The molecule has 6 nitrogen and oxygen atoms in total. The number of hydrogen-bond donors (Lipinski definition) is 2. The molecule has 0 saturated heterocycles. The number of aliphatic carboxylic acids is 1. The molecular weight excluding hydrogens is 321 g/mol. The third kappa shape index (κ3) is 6.66. The van der Waals surface area contributed by atoms with E-state index in [1.807, 2.05) is 0 Å². The Morgan fingerprint density at radius 2 is 1.90 bits per heavy atom. The van der Waals surface area contributed by atoms with Crippen LogP contribution in [-0.4, -0.2) is 43.3 Å². The van der Waals surface area contributed by atoms with E-state index in [0.29, 0.717) is 15.8 Å². The van der Waals surface area contributed by atoms with E-state index in [1.54, 1.807) is 0 Å². The second-order valence-electron chi connectivity index (χ2n) is 4.13. The molecule has 0 aliphatic heterocycles. The number of carbonyl (C=O) groups is 2. The van der Waals surface area contributed by atoms with Crippen LogP contribution in [0.1, 0.15) is 6.42 Å². The van der Waals surface area contributed by atoms with E-state index in [2.05, 4.69) is 5.32 Å². The molecule has 0 aliphatic rings. The molecule has 21 heavy (non-hydrogen) atoms. The summed E-state index contributed by atoms with van der Waals surface area (Å²) in [6, 6.07) is 3.51. The predicted octanol–water partition coefficient (Wildman–Crippen LogP) is 1.98. The molecule has 1 atom stereocenters. The number of rotatable bonds is 8. The van der Waals surface area contributed by atoms with E-state index in [9.17, 15) is 9.59 Å². The summed E-state index contributed by atoms with van der Waals surface area (Å²) in [5.41, 5.74) is 0. The Hall–Kier alpha value is -1.50. The van der Waals surface area contributed by atoms with Crippen LogP contribution in [0.4, 0.5) is 0 Å². The molecule has 1 aromatic rings. The lowest BCUT2D eigenvalue weighted by Crippen LogP contribution is -2.43. The van der Waals surface area contributed by atoms with Gasteiger partial charge in [0.15, 0.2) is 6.61 Å². The smallest absolute Gasteiger partial charge is 0.326 e. The van der Waals surface area contributed by atoms with Gasteiger partial charge in [-0.05, 0) is 18.2 Å². The van der Waals surface area contributed by atoms with Crippen molar-refractivity contribution in [1.82, 2.24) is 5.32 Å². The van der Waals surface area contributed by atoms with Crippen molar-refractivity contribution in [3.63, 3.8) is 0 Å². The molecule has 0 aromatic heterocycles. The summed E-state index contributed by atoms with van der Waals surface area (Å²) < 4.78 is 9.99. The molecule has 0 spiro atoms. The molecule has 0 bridgehead atoms. The average molecular weight is 336 g/mol. The van der Waals surface area contributed by atoms with Crippen molar-refractivity contribution in [3.8, 4) is 5.75 Å². The molecule has 0 aliphatic carbocycles. The molecule has 2 N–H and O–H groups in total. The number of carboxylic acid groups (broad SMARTS) is 1. The van der Waals surface area contributed by atoms with Crippen molar-refractivity contribution in [2.75, 3.05) is 20.3 Å². The van der Waals surface area contributed by atoms with Crippen LogP contribution in [0.5, 0.6) is 5.75 Å². The SMILES string of the molecule is COCCC(NC(=O)COc1cc(Cl)cc(Cl)c1)C(=O)O. The van der Waals surface area contributed by atoms with Gasteiger partial charge in [-0.2, -0.15) is 0 Å². The molecule has 1 aromatic carbocycles. The quantitative estimate of drug-likeness (QED) is 0.758. The first-order valence-corrected chi connectivity index (χ1v) is 6.78. The number of nitrogens with one attached hydrogen (secondary N) is 1. The van der Waals surface area contributed by atoms with Gasteiger partial charge in [0.05, 0.1) is 0 Å². The van der Waals surface area contributed by atoms with Gasteiger partial charge in [0.25, 0.3) is 5.91 Å². The number of amides is 1. The van der Waals surface area contributed by atoms with Gasteiger partial charge in [-0.1, -0.05) is 23.2 Å². The van der Waals surface area contributed by atoms with Gasteiger partial charge in [-0.15, -0.1) is 0 Å². The fourth-order valence-electron chi connectivity index (χ4n) is 1.49. The first-order chi connectivity index (χ1) is 9.92. The fourth-order valence-corrected chi connectivity index (χ4v) is 2.00. The number of methoxy groups -OCH3 is 1. The standard InChI is InChI=1S/C13H15Cl2NO5/c1-20-3-2-11(13(18)19)16-12(17)7-21-10-5-8(14)4-9(15)6-10/h4-6,11H,2-3,7H2,1H3,(H,16,17)(H,18,19). The topological polar surface area (TPSA) is 84.9 Å². The van der Waals surface area contributed by atoms with Gasteiger partial charge in [-0.25, -0.2) is 4.79 Å². The number of carboxylic acids is 1. The van der Waals surface area contributed by atoms with Crippen molar-refractivity contribution in [2.24, 2.45) is 0 Å². The summed E-state index contributed by atoms with van der Waals surface area (Å²) in [5, 5.41) is 12.1. The molecule has 116 valence electrons. The minimum Gasteiger partial charge on any atom is -0.484 e. The van der Waals surface area contributed by atoms with Gasteiger partial charge in [0.1, 0.15) is 11.8 Å². The number of benzene rings is 1. The Labute approximate surface area is 131 Å². The Morgan fingerprint density at radius 3 is 2.43 bits per heavy atom. The highest BCUT2D eigenvalue weighted by Crippen LogP contribution is 2.23. The Morgan fingerprint density at radius 1 is 1.29 bits per heavy atom. The number of hydrogen-bond acceptors (Lipinski definition) is 4. The fraction of sp³-hybridized carbons (Fsp3) is 0.385. The number of carbonyl (C=O) groups excluding carboxylic acids is 1. The van der Waals surface area contributed by atoms with E-state index >= 15 is 0 Å². The first-order valence-electron chi connectivity index (χ1n) is 6.02. The van der Waals surface area contributed by atoms with Gasteiger partial charge in [-0.3, -0.25) is 4.79 Å². The van der Waals surface area contributed by atoms with E-state index in [0.717, 1.165) is 0 Å². The maximum Gasteiger partial charge on any atom is 0.326 e.